The van der Waals surface area contributed by atoms with E-state index in [9.17, 15) is 28.4 Å². The van der Waals surface area contributed by atoms with Crippen LogP contribution < -0.4 is 14.7 Å². The van der Waals surface area contributed by atoms with Gasteiger partial charge in [0.05, 0.1) is 19.8 Å². The maximum atomic E-state index is 9.81. The summed E-state index contributed by atoms with van der Waals surface area (Å²) in [5.41, 5.74) is 0. The summed E-state index contributed by atoms with van der Waals surface area (Å²) in [7, 11) is -8.75. The minimum atomic E-state index is -2.92. The maximum Gasteiger partial charge on any atom is 3.00 e. The van der Waals surface area contributed by atoms with Crippen LogP contribution in [0.2, 0.25) is 0 Å². The third-order valence-electron chi connectivity index (χ3n) is 2.90. The molecule has 0 aliphatic rings. The zero-order valence-corrected chi connectivity index (χ0v) is 21.1. The van der Waals surface area contributed by atoms with Crippen molar-refractivity contribution in [1.82, 2.24) is 0 Å². The van der Waals surface area contributed by atoms with E-state index >= 15 is 0 Å². The summed E-state index contributed by atoms with van der Waals surface area (Å²) >= 11 is 0. The number of hydrogen-bond acceptors (Lipinski definition) is 9. The molecule has 0 spiro atoms. The largest absolute Gasteiger partial charge is 3.00 e. The zero-order valence-electron chi connectivity index (χ0n) is 17.0. The first-order valence-corrected chi connectivity index (χ1v) is 13.0. The van der Waals surface area contributed by atoms with Crippen molar-refractivity contribution in [2.24, 2.45) is 0 Å². The van der Waals surface area contributed by atoms with E-state index in [1.54, 1.807) is 0 Å². The first-order valence-electron chi connectivity index (χ1n) is 9.32. The van der Waals surface area contributed by atoms with Crippen LogP contribution in [0.1, 0.15) is 78.6 Å². The normalized spacial score (nSPS) is 13.1. The SMILES string of the molecule is CCCCCO[PH](=O)[O-].CCCCCO[PH](=O)[O-].CCCCCO[PH](=O)[O-].[Fe+3]. The van der Waals surface area contributed by atoms with Crippen LogP contribution in [0.4, 0.5) is 0 Å². The van der Waals surface area contributed by atoms with Crippen LogP contribution in [0.3, 0.4) is 0 Å². The van der Waals surface area contributed by atoms with Gasteiger partial charge in [0.15, 0.2) is 0 Å². The van der Waals surface area contributed by atoms with Crippen molar-refractivity contribution >= 4 is 24.8 Å². The average Bonchev–Trinajstić information content (AvgIpc) is 2.60. The molecule has 9 nitrogen and oxygen atoms in total. The summed E-state index contributed by atoms with van der Waals surface area (Å²) in [5.74, 6) is 0. The Hall–Kier alpha value is 0.969. The second-order valence-corrected chi connectivity index (χ2v) is 7.78. The van der Waals surface area contributed by atoms with Gasteiger partial charge in [-0.05, 0) is 19.3 Å². The van der Waals surface area contributed by atoms with Crippen LogP contribution in [-0.4, -0.2) is 19.8 Å². The molecule has 0 saturated heterocycles. The first kappa shape index (κ1) is 36.3. The van der Waals surface area contributed by atoms with Crippen molar-refractivity contribution in [3.8, 4) is 0 Å². The fourth-order valence-corrected chi connectivity index (χ4v) is 2.46. The molecule has 173 valence electrons. The Labute approximate surface area is 182 Å². The Balaban J connectivity index is -0.000000152. The molecule has 3 atom stereocenters. The van der Waals surface area contributed by atoms with Gasteiger partial charge in [-0.1, -0.05) is 59.3 Å². The summed E-state index contributed by atoms with van der Waals surface area (Å²) in [4.78, 5) is 29.4. The van der Waals surface area contributed by atoms with Gasteiger partial charge in [-0.3, -0.25) is 0 Å². The van der Waals surface area contributed by atoms with Crippen molar-refractivity contribution in [3.63, 3.8) is 0 Å². The molecule has 13 heteroatoms. The van der Waals surface area contributed by atoms with E-state index in [0.29, 0.717) is 19.8 Å². The van der Waals surface area contributed by atoms with E-state index in [2.05, 4.69) is 34.3 Å². The van der Waals surface area contributed by atoms with Gasteiger partial charge in [0.25, 0.3) is 0 Å². The van der Waals surface area contributed by atoms with E-state index < -0.39 is 24.8 Å². The molecule has 1 radical (unpaired) electrons. The Morgan fingerprint density at radius 1 is 0.536 bits per heavy atom. The molecule has 0 aromatic heterocycles. The quantitative estimate of drug-likeness (QED) is 0.185. The van der Waals surface area contributed by atoms with Gasteiger partial charge in [0, 0.05) is 0 Å². The molecule has 0 saturated carbocycles. The molecule has 28 heavy (non-hydrogen) atoms. The minimum absolute atomic E-state index is 0. The molecule has 0 bridgehead atoms. The third kappa shape index (κ3) is 50.5. The monoisotopic (exact) mass is 509 g/mol. The Bertz CT molecular complexity index is 311. The summed E-state index contributed by atoms with van der Waals surface area (Å²) in [5, 5.41) is 0. The van der Waals surface area contributed by atoms with Crippen molar-refractivity contribution in [1.29, 1.82) is 0 Å². The number of hydrogen-bond donors (Lipinski definition) is 0. The van der Waals surface area contributed by atoms with Gasteiger partial charge in [0.1, 0.15) is 24.8 Å². The van der Waals surface area contributed by atoms with Crippen LogP contribution in [0, 0.1) is 0 Å². The second-order valence-electron chi connectivity index (χ2n) is 5.42. The summed E-state index contributed by atoms with van der Waals surface area (Å²) in [6.07, 6.45) is 8.90. The van der Waals surface area contributed by atoms with Crippen molar-refractivity contribution in [3.05, 3.63) is 0 Å². The molecule has 0 aromatic carbocycles. The predicted molar refractivity (Wildman–Crippen MR) is 103 cm³/mol. The number of rotatable bonds is 15. The fourth-order valence-electron chi connectivity index (χ4n) is 1.52. The minimum Gasteiger partial charge on any atom is -0.781 e. The van der Waals surface area contributed by atoms with Gasteiger partial charge < -0.3 is 41.9 Å². The Kier molecular flexibility index (Phi) is 42.4. The molecule has 3 unspecified atom stereocenters. The molecule has 0 fully saturated rings. The summed E-state index contributed by atoms with van der Waals surface area (Å²) < 4.78 is 42.4. The van der Waals surface area contributed by atoms with Crippen LogP contribution in [-0.2, 0) is 44.3 Å². The standard InChI is InChI=1S/3C5H13O3P.Fe/c3*1-2-3-4-5-8-9(6)7;/h3*9H,2-5H2,1H3,(H,6,7);/q;;;+3/p-3. The van der Waals surface area contributed by atoms with E-state index in [1.165, 1.54) is 0 Å². The van der Waals surface area contributed by atoms with Gasteiger partial charge in [-0.25, -0.2) is 0 Å². The van der Waals surface area contributed by atoms with Gasteiger partial charge >= 0.3 is 17.1 Å². The van der Waals surface area contributed by atoms with Crippen LogP contribution in [0.15, 0.2) is 0 Å². The van der Waals surface area contributed by atoms with E-state index in [0.717, 1.165) is 57.8 Å². The summed E-state index contributed by atoms with van der Waals surface area (Å²) in [6, 6.07) is 0. The number of unbranched alkanes of at least 4 members (excludes halogenated alkanes) is 6. The van der Waals surface area contributed by atoms with E-state index in [1.807, 2.05) is 0 Å². The predicted octanol–water partition coefficient (Wildman–Crippen LogP) is 2.83. The average molecular weight is 509 g/mol. The topological polar surface area (TPSA) is 148 Å². The molecular weight excluding hydrogens is 473 g/mol. The first-order chi connectivity index (χ1) is 12.8. The van der Waals surface area contributed by atoms with Crippen molar-refractivity contribution < 1.29 is 59.0 Å². The molecule has 0 heterocycles. The molecule has 0 amide bonds. The zero-order chi connectivity index (χ0) is 21.3. The smallest absolute Gasteiger partial charge is 0.781 e. The van der Waals surface area contributed by atoms with Crippen LogP contribution >= 0.6 is 24.8 Å². The third-order valence-corrected chi connectivity index (χ3v) is 4.22. The van der Waals surface area contributed by atoms with Crippen LogP contribution in [0.25, 0.3) is 0 Å². The Morgan fingerprint density at radius 2 is 0.750 bits per heavy atom. The van der Waals surface area contributed by atoms with Crippen LogP contribution in [0.5, 0.6) is 0 Å². The molecule has 0 aromatic rings. The maximum absolute atomic E-state index is 9.81. The summed E-state index contributed by atoms with van der Waals surface area (Å²) in [6.45, 7) is 7.24. The van der Waals surface area contributed by atoms with Gasteiger partial charge in [-0.15, -0.1) is 0 Å². The molecule has 0 aliphatic carbocycles. The molecule has 0 N–H and O–H groups in total. The van der Waals surface area contributed by atoms with Gasteiger partial charge in [0.2, 0.25) is 0 Å². The Morgan fingerprint density at radius 3 is 0.893 bits per heavy atom. The van der Waals surface area contributed by atoms with Crippen molar-refractivity contribution in [2.75, 3.05) is 19.8 Å². The van der Waals surface area contributed by atoms with E-state index in [4.69, 9.17) is 0 Å². The molecule has 0 aliphatic heterocycles. The van der Waals surface area contributed by atoms with Gasteiger partial charge in [-0.2, -0.15) is 0 Å². The molecule has 0 rings (SSSR count). The fraction of sp³-hybridized carbons (Fsp3) is 1.00. The van der Waals surface area contributed by atoms with E-state index in [-0.39, 0.29) is 17.1 Å². The molecular formula is C15H36FeO9P3. The van der Waals surface area contributed by atoms with Crippen molar-refractivity contribution in [2.45, 2.75) is 78.6 Å². The second kappa shape index (κ2) is 32.6.